The van der Waals surface area contributed by atoms with E-state index < -0.39 is 0 Å². The molecule has 1 fully saturated rings. The zero-order valence-corrected chi connectivity index (χ0v) is 11.0. The van der Waals surface area contributed by atoms with Gasteiger partial charge in [0.15, 0.2) is 0 Å². The summed E-state index contributed by atoms with van der Waals surface area (Å²) in [5, 5.41) is 9.32. The van der Waals surface area contributed by atoms with Crippen molar-refractivity contribution in [2.45, 2.75) is 47.1 Å². The smallest absolute Gasteiger partial charge is 0.0494 e. The van der Waals surface area contributed by atoms with Crippen LogP contribution in [-0.2, 0) is 0 Å². The molecule has 0 saturated carbocycles. The summed E-state index contributed by atoms with van der Waals surface area (Å²) >= 11 is 0. The van der Waals surface area contributed by atoms with E-state index in [1.54, 1.807) is 0 Å². The molecule has 1 aliphatic heterocycles. The van der Waals surface area contributed by atoms with Crippen LogP contribution in [-0.4, -0.2) is 35.7 Å². The fourth-order valence-electron chi connectivity index (χ4n) is 2.64. The fourth-order valence-corrected chi connectivity index (χ4v) is 2.64. The quantitative estimate of drug-likeness (QED) is 0.778. The number of hydrogen-bond donors (Lipinski definition) is 1. The first-order valence-electron chi connectivity index (χ1n) is 6.20. The van der Waals surface area contributed by atoms with Crippen molar-refractivity contribution in [2.24, 2.45) is 17.3 Å². The highest BCUT2D eigenvalue weighted by Crippen LogP contribution is 2.29. The molecule has 2 heteroatoms. The normalized spacial score (nSPS) is 34.4. The molecular formula is C13H27NO. The highest BCUT2D eigenvalue weighted by Gasteiger charge is 2.32. The lowest BCUT2D eigenvalue weighted by Crippen LogP contribution is -2.49. The lowest BCUT2D eigenvalue weighted by Gasteiger charge is -2.44. The molecular weight excluding hydrogens is 186 g/mol. The topological polar surface area (TPSA) is 23.5 Å². The van der Waals surface area contributed by atoms with Crippen LogP contribution in [0.25, 0.3) is 0 Å². The summed E-state index contributed by atoms with van der Waals surface area (Å²) < 4.78 is 0. The first kappa shape index (κ1) is 13.0. The third kappa shape index (κ3) is 3.46. The van der Waals surface area contributed by atoms with Crippen LogP contribution in [0.15, 0.2) is 0 Å². The summed E-state index contributed by atoms with van der Waals surface area (Å²) in [5.41, 5.74) is 0.0328. The average molecular weight is 213 g/mol. The van der Waals surface area contributed by atoms with Gasteiger partial charge in [-0.3, -0.25) is 4.90 Å². The lowest BCUT2D eigenvalue weighted by molar-refractivity contribution is 0.0261. The predicted molar refractivity (Wildman–Crippen MR) is 64.8 cm³/mol. The molecule has 1 rings (SSSR count). The van der Waals surface area contributed by atoms with Gasteiger partial charge in [0.2, 0.25) is 0 Å². The van der Waals surface area contributed by atoms with Crippen molar-refractivity contribution in [3.8, 4) is 0 Å². The standard InChI is InChI=1S/C13H27NO/c1-10-6-11(2)12(3)14(7-10)8-13(4,5)9-15/h10-12,15H,6-9H2,1-5H3. The number of rotatable bonds is 3. The molecule has 1 aliphatic rings. The molecule has 0 amide bonds. The van der Waals surface area contributed by atoms with Crippen molar-refractivity contribution in [2.75, 3.05) is 19.7 Å². The molecule has 15 heavy (non-hydrogen) atoms. The maximum Gasteiger partial charge on any atom is 0.0494 e. The number of hydrogen-bond acceptors (Lipinski definition) is 2. The first-order valence-corrected chi connectivity index (χ1v) is 6.20. The Labute approximate surface area is 94.7 Å². The number of likely N-dealkylation sites (tertiary alicyclic amines) is 1. The van der Waals surface area contributed by atoms with E-state index in [1.807, 2.05) is 0 Å². The summed E-state index contributed by atoms with van der Waals surface area (Å²) in [6.07, 6.45) is 1.34. The Hall–Kier alpha value is -0.0800. The van der Waals surface area contributed by atoms with Crippen molar-refractivity contribution in [1.82, 2.24) is 4.90 Å². The van der Waals surface area contributed by atoms with Crippen LogP contribution >= 0.6 is 0 Å². The third-order valence-electron chi connectivity index (χ3n) is 3.78. The summed E-state index contributed by atoms with van der Waals surface area (Å²) in [4.78, 5) is 2.55. The Morgan fingerprint density at radius 3 is 2.40 bits per heavy atom. The van der Waals surface area contributed by atoms with Gasteiger partial charge in [0.1, 0.15) is 0 Å². The van der Waals surface area contributed by atoms with E-state index in [9.17, 15) is 5.11 Å². The second-order valence-electron chi connectivity index (χ2n) is 6.31. The molecule has 1 N–H and O–H groups in total. The minimum Gasteiger partial charge on any atom is -0.396 e. The first-order chi connectivity index (χ1) is 6.85. The number of aliphatic hydroxyl groups is 1. The van der Waals surface area contributed by atoms with Crippen LogP contribution in [0.4, 0.5) is 0 Å². The monoisotopic (exact) mass is 213 g/mol. The third-order valence-corrected chi connectivity index (χ3v) is 3.78. The highest BCUT2D eigenvalue weighted by molar-refractivity contribution is 4.85. The van der Waals surface area contributed by atoms with E-state index in [1.165, 1.54) is 13.0 Å². The van der Waals surface area contributed by atoms with Gasteiger partial charge in [-0.25, -0.2) is 0 Å². The van der Waals surface area contributed by atoms with Gasteiger partial charge < -0.3 is 5.11 Å². The van der Waals surface area contributed by atoms with Gasteiger partial charge in [-0.2, -0.15) is 0 Å². The van der Waals surface area contributed by atoms with Crippen LogP contribution in [0, 0.1) is 17.3 Å². The van der Waals surface area contributed by atoms with E-state index in [4.69, 9.17) is 0 Å². The molecule has 0 spiro atoms. The largest absolute Gasteiger partial charge is 0.396 e. The molecule has 0 radical (unpaired) electrons. The average Bonchev–Trinajstić information content (AvgIpc) is 2.13. The molecule has 0 aromatic rings. The molecule has 0 aromatic carbocycles. The van der Waals surface area contributed by atoms with Crippen LogP contribution in [0.5, 0.6) is 0 Å². The Kier molecular flexibility index (Phi) is 4.19. The van der Waals surface area contributed by atoms with Gasteiger partial charge in [-0.1, -0.05) is 27.7 Å². The second-order valence-corrected chi connectivity index (χ2v) is 6.31. The van der Waals surface area contributed by atoms with Crippen LogP contribution in [0.1, 0.15) is 41.0 Å². The number of aliphatic hydroxyl groups excluding tert-OH is 1. The van der Waals surface area contributed by atoms with Crippen molar-refractivity contribution >= 4 is 0 Å². The predicted octanol–water partition coefficient (Wildman–Crippen LogP) is 2.37. The maximum atomic E-state index is 9.32. The van der Waals surface area contributed by atoms with Crippen molar-refractivity contribution in [3.63, 3.8) is 0 Å². The van der Waals surface area contributed by atoms with Crippen molar-refractivity contribution in [3.05, 3.63) is 0 Å². The second kappa shape index (κ2) is 4.84. The van der Waals surface area contributed by atoms with E-state index in [0.29, 0.717) is 6.04 Å². The number of piperidine rings is 1. The zero-order chi connectivity index (χ0) is 11.6. The van der Waals surface area contributed by atoms with E-state index in [0.717, 1.165) is 18.4 Å². The van der Waals surface area contributed by atoms with Gasteiger partial charge in [0.05, 0.1) is 0 Å². The summed E-state index contributed by atoms with van der Waals surface area (Å²) in [7, 11) is 0. The Bertz CT molecular complexity index is 203. The molecule has 1 heterocycles. The highest BCUT2D eigenvalue weighted by atomic mass is 16.3. The van der Waals surface area contributed by atoms with Gasteiger partial charge >= 0.3 is 0 Å². The molecule has 3 unspecified atom stereocenters. The number of nitrogens with zero attached hydrogens (tertiary/aromatic N) is 1. The summed E-state index contributed by atoms with van der Waals surface area (Å²) in [5.74, 6) is 1.58. The SMILES string of the molecule is CC1CC(C)C(C)N(CC(C)(C)CO)C1. The Morgan fingerprint density at radius 1 is 1.27 bits per heavy atom. The van der Waals surface area contributed by atoms with E-state index >= 15 is 0 Å². The Morgan fingerprint density at radius 2 is 1.87 bits per heavy atom. The van der Waals surface area contributed by atoms with Crippen molar-refractivity contribution in [1.29, 1.82) is 0 Å². The minimum absolute atomic E-state index is 0.0328. The van der Waals surface area contributed by atoms with Gasteiger partial charge in [-0.05, 0) is 25.2 Å². The van der Waals surface area contributed by atoms with Gasteiger partial charge in [0, 0.05) is 31.2 Å². The molecule has 2 nitrogen and oxygen atoms in total. The van der Waals surface area contributed by atoms with Crippen LogP contribution < -0.4 is 0 Å². The minimum atomic E-state index is 0.0328. The van der Waals surface area contributed by atoms with Crippen LogP contribution in [0.2, 0.25) is 0 Å². The summed E-state index contributed by atoms with van der Waals surface area (Å²) in [6, 6.07) is 0.659. The van der Waals surface area contributed by atoms with E-state index in [-0.39, 0.29) is 12.0 Å². The molecule has 90 valence electrons. The van der Waals surface area contributed by atoms with Crippen molar-refractivity contribution < 1.29 is 5.11 Å². The zero-order valence-electron chi connectivity index (χ0n) is 11.0. The molecule has 1 saturated heterocycles. The Balaban J connectivity index is 2.59. The maximum absolute atomic E-state index is 9.32. The molecule has 0 aliphatic carbocycles. The fraction of sp³-hybridized carbons (Fsp3) is 1.00. The molecule has 3 atom stereocenters. The lowest BCUT2D eigenvalue weighted by atomic mass is 9.83. The molecule has 0 aromatic heterocycles. The molecule has 0 bridgehead atoms. The van der Waals surface area contributed by atoms with E-state index in [2.05, 4.69) is 39.5 Å². The van der Waals surface area contributed by atoms with Crippen LogP contribution in [0.3, 0.4) is 0 Å². The van der Waals surface area contributed by atoms with Gasteiger partial charge in [-0.15, -0.1) is 0 Å². The van der Waals surface area contributed by atoms with Gasteiger partial charge in [0.25, 0.3) is 0 Å². The summed E-state index contributed by atoms with van der Waals surface area (Å²) in [6.45, 7) is 13.8.